The summed E-state index contributed by atoms with van der Waals surface area (Å²) >= 11 is 6.20. The lowest BCUT2D eigenvalue weighted by atomic mass is 9.91. The van der Waals surface area contributed by atoms with Gasteiger partial charge in [-0.05, 0) is 30.5 Å². The van der Waals surface area contributed by atoms with E-state index in [4.69, 9.17) is 11.6 Å². The second-order valence-corrected chi connectivity index (χ2v) is 5.97. The molecule has 1 unspecified atom stereocenters. The van der Waals surface area contributed by atoms with Gasteiger partial charge in [-0.1, -0.05) is 54.1 Å². The van der Waals surface area contributed by atoms with Crippen LogP contribution in [0.25, 0.3) is 11.1 Å². The largest absolute Gasteiger partial charge is 0.385 e. The minimum atomic E-state index is -0.985. The first-order valence-corrected chi connectivity index (χ1v) is 7.60. The van der Waals surface area contributed by atoms with E-state index in [-0.39, 0.29) is 5.91 Å². The van der Waals surface area contributed by atoms with Crippen LogP contribution in [0.15, 0.2) is 48.5 Å². The third-order valence-corrected chi connectivity index (χ3v) is 4.01. The molecule has 4 heteroatoms. The zero-order chi connectivity index (χ0) is 16.2. The molecule has 2 N–H and O–H groups in total. The van der Waals surface area contributed by atoms with Crippen LogP contribution in [0.2, 0.25) is 5.02 Å². The summed E-state index contributed by atoms with van der Waals surface area (Å²) in [7, 11) is 0. The Kier molecular flexibility index (Phi) is 5.22. The summed E-state index contributed by atoms with van der Waals surface area (Å²) < 4.78 is 0. The van der Waals surface area contributed by atoms with E-state index in [9.17, 15) is 9.90 Å². The summed E-state index contributed by atoms with van der Waals surface area (Å²) in [6.45, 7) is 3.65. The molecule has 0 bridgehead atoms. The molecule has 0 heterocycles. The quantitative estimate of drug-likeness (QED) is 0.882. The number of rotatable bonds is 5. The summed E-state index contributed by atoms with van der Waals surface area (Å²) in [5.74, 6) is -0.0927. The Labute approximate surface area is 135 Å². The molecule has 0 fully saturated rings. The van der Waals surface area contributed by atoms with Gasteiger partial charge in [0.25, 0.3) is 0 Å². The van der Waals surface area contributed by atoms with Gasteiger partial charge in [-0.2, -0.15) is 0 Å². The highest BCUT2D eigenvalue weighted by atomic mass is 35.5. The number of aliphatic hydroxyl groups is 1. The molecule has 116 valence electrons. The van der Waals surface area contributed by atoms with Gasteiger partial charge in [0.2, 0.25) is 5.91 Å². The Bertz CT molecular complexity index is 650. The molecule has 0 aliphatic carbocycles. The molecule has 2 aromatic carbocycles. The summed E-state index contributed by atoms with van der Waals surface area (Å²) in [6, 6.07) is 15.3. The summed E-state index contributed by atoms with van der Waals surface area (Å²) in [4.78, 5) is 10.9. The van der Waals surface area contributed by atoms with E-state index in [1.165, 1.54) is 6.92 Å². The first kappa shape index (κ1) is 16.5. The van der Waals surface area contributed by atoms with Gasteiger partial charge in [0, 0.05) is 24.1 Å². The highest BCUT2D eigenvalue weighted by Crippen LogP contribution is 2.30. The van der Waals surface area contributed by atoms with Gasteiger partial charge >= 0.3 is 0 Å². The number of halogens is 1. The van der Waals surface area contributed by atoms with Gasteiger partial charge in [-0.15, -0.1) is 0 Å². The topological polar surface area (TPSA) is 49.3 Å². The van der Waals surface area contributed by atoms with E-state index in [2.05, 4.69) is 5.32 Å². The lowest BCUT2D eigenvalue weighted by Gasteiger charge is -2.24. The van der Waals surface area contributed by atoms with Crippen molar-refractivity contribution in [2.45, 2.75) is 25.9 Å². The van der Waals surface area contributed by atoms with Crippen molar-refractivity contribution in [2.24, 2.45) is 0 Å². The van der Waals surface area contributed by atoms with Gasteiger partial charge in [0.05, 0.1) is 5.60 Å². The zero-order valence-electron chi connectivity index (χ0n) is 12.8. The molecule has 0 saturated heterocycles. The Balaban J connectivity index is 2.14. The van der Waals surface area contributed by atoms with Crippen molar-refractivity contribution in [3.05, 3.63) is 59.1 Å². The smallest absolute Gasteiger partial charge is 0.216 e. The van der Waals surface area contributed by atoms with Crippen molar-refractivity contribution in [2.75, 3.05) is 6.54 Å². The van der Waals surface area contributed by atoms with Crippen molar-refractivity contribution in [3.8, 4) is 11.1 Å². The zero-order valence-corrected chi connectivity index (χ0v) is 13.5. The van der Waals surface area contributed by atoms with E-state index in [1.54, 1.807) is 6.92 Å². The van der Waals surface area contributed by atoms with Crippen molar-refractivity contribution >= 4 is 17.5 Å². The molecule has 0 radical (unpaired) electrons. The fourth-order valence-electron chi connectivity index (χ4n) is 2.33. The summed E-state index contributed by atoms with van der Waals surface area (Å²) in [6.07, 6.45) is 0.456. The van der Waals surface area contributed by atoms with E-state index < -0.39 is 5.60 Å². The number of carbonyl (C=O) groups excluding carboxylic acids is 1. The Hall–Kier alpha value is -1.84. The third-order valence-electron chi connectivity index (χ3n) is 3.68. The van der Waals surface area contributed by atoms with E-state index >= 15 is 0 Å². The molecule has 22 heavy (non-hydrogen) atoms. The number of nitrogens with one attached hydrogen (secondary N) is 1. The van der Waals surface area contributed by atoms with Gasteiger partial charge < -0.3 is 10.4 Å². The lowest BCUT2D eigenvalue weighted by Crippen LogP contribution is -2.29. The number of benzene rings is 2. The predicted molar refractivity (Wildman–Crippen MR) is 89.8 cm³/mol. The molecule has 0 aliphatic heterocycles. The van der Waals surface area contributed by atoms with Gasteiger partial charge in [0.15, 0.2) is 0 Å². The minimum Gasteiger partial charge on any atom is -0.385 e. The molecule has 1 atom stereocenters. The maximum Gasteiger partial charge on any atom is 0.216 e. The lowest BCUT2D eigenvalue weighted by molar-refractivity contribution is -0.119. The second-order valence-electron chi connectivity index (χ2n) is 5.56. The Morgan fingerprint density at radius 1 is 1.18 bits per heavy atom. The minimum absolute atomic E-state index is 0.0927. The first-order valence-electron chi connectivity index (χ1n) is 7.22. The van der Waals surface area contributed by atoms with Crippen LogP contribution in [-0.2, 0) is 10.4 Å². The van der Waals surface area contributed by atoms with E-state index in [1.807, 2.05) is 48.5 Å². The van der Waals surface area contributed by atoms with Crippen LogP contribution >= 0.6 is 11.6 Å². The van der Waals surface area contributed by atoms with Gasteiger partial charge in [-0.3, -0.25) is 4.79 Å². The summed E-state index contributed by atoms with van der Waals surface area (Å²) in [5, 5.41) is 13.9. The average molecular weight is 318 g/mol. The van der Waals surface area contributed by atoms with Crippen molar-refractivity contribution in [1.82, 2.24) is 5.32 Å². The molecule has 2 aromatic rings. The third kappa shape index (κ3) is 4.09. The number of carbonyl (C=O) groups is 1. The molecular weight excluding hydrogens is 298 g/mol. The van der Waals surface area contributed by atoms with Crippen LogP contribution in [0.5, 0.6) is 0 Å². The van der Waals surface area contributed by atoms with Crippen LogP contribution in [0, 0.1) is 0 Å². The standard InChI is InChI=1S/C18H20ClNO2/c1-13(21)20-12-11-18(2,22)15-9-7-14(8-10-15)16-5-3-4-6-17(16)19/h3-10,22H,11-12H2,1-2H3,(H,20,21). The monoisotopic (exact) mass is 317 g/mol. The molecule has 3 nitrogen and oxygen atoms in total. The van der Waals surface area contributed by atoms with Crippen LogP contribution in [0.4, 0.5) is 0 Å². The first-order chi connectivity index (χ1) is 10.4. The highest BCUT2D eigenvalue weighted by Gasteiger charge is 2.22. The Morgan fingerprint density at radius 3 is 2.41 bits per heavy atom. The molecule has 0 spiro atoms. The fourth-order valence-corrected chi connectivity index (χ4v) is 2.58. The predicted octanol–water partition coefficient (Wildman–Crippen LogP) is 3.74. The average Bonchev–Trinajstić information content (AvgIpc) is 2.47. The van der Waals surface area contributed by atoms with Gasteiger partial charge in [0.1, 0.15) is 0 Å². The van der Waals surface area contributed by atoms with Crippen LogP contribution < -0.4 is 5.32 Å². The Morgan fingerprint density at radius 2 is 1.82 bits per heavy atom. The number of hydrogen-bond donors (Lipinski definition) is 2. The van der Waals surface area contributed by atoms with Crippen molar-refractivity contribution in [3.63, 3.8) is 0 Å². The van der Waals surface area contributed by atoms with Crippen molar-refractivity contribution < 1.29 is 9.90 Å². The second kappa shape index (κ2) is 6.95. The summed E-state index contributed by atoms with van der Waals surface area (Å²) in [5.41, 5.74) is 1.80. The van der Waals surface area contributed by atoms with Gasteiger partial charge in [-0.25, -0.2) is 0 Å². The molecule has 2 rings (SSSR count). The SMILES string of the molecule is CC(=O)NCCC(C)(O)c1ccc(-c2ccccc2Cl)cc1. The molecule has 0 saturated carbocycles. The van der Waals surface area contributed by atoms with Crippen molar-refractivity contribution in [1.29, 1.82) is 0 Å². The van der Waals surface area contributed by atoms with E-state index in [0.717, 1.165) is 16.7 Å². The fraction of sp³-hybridized carbons (Fsp3) is 0.278. The highest BCUT2D eigenvalue weighted by molar-refractivity contribution is 6.33. The van der Waals surface area contributed by atoms with Crippen LogP contribution in [-0.4, -0.2) is 17.6 Å². The molecule has 0 aromatic heterocycles. The molecule has 1 amide bonds. The van der Waals surface area contributed by atoms with Crippen LogP contribution in [0.3, 0.4) is 0 Å². The molecular formula is C18H20ClNO2. The number of hydrogen-bond acceptors (Lipinski definition) is 2. The number of amides is 1. The maximum absolute atomic E-state index is 10.9. The van der Waals surface area contributed by atoms with E-state index in [0.29, 0.717) is 18.0 Å². The maximum atomic E-state index is 10.9. The molecule has 0 aliphatic rings. The van der Waals surface area contributed by atoms with Crippen LogP contribution in [0.1, 0.15) is 25.8 Å². The normalized spacial score (nSPS) is 13.5.